The van der Waals surface area contributed by atoms with Gasteiger partial charge in [0, 0.05) is 6.54 Å². The number of hydrogen-bond acceptors (Lipinski definition) is 4. The lowest BCUT2D eigenvalue weighted by molar-refractivity contribution is -0.143. The molecule has 1 saturated heterocycles. The monoisotopic (exact) mass is 359 g/mol. The van der Waals surface area contributed by atoms with Crippen LogP contribution in [0.4, 0.5) is 4.39 Å². The van der Waals surface area contributed by atoms with Crippen LogP contribution in [0.1, 0.15) is 29.5 Å². The van der Waals surface area contributed by atoms with E-state index in [0.29, 0.717) is 24.4 Å². The quantitative estimate of drug-likeness (QED) is 0.856. The molecule has 1 aliphatic rings. The molecule has 2 aromatic rings. The SMILES string of the molecule is COc1cccc(C(C(=O)O)N2CCC(c3ccc(OC)c(F)c3)C2)c1. The molecule has 3 rings (SSSR count). The molecule has 0 saturated carbocycles. The van der Waals surface area contributed by atoms with Gasteiger partial charge in [-0.3, -0.25) is 9.69 Å². The van der Waals surface area contributed by atoms with E-state index < -0.39 is 17.8 Å². The number of rotatable bonds is 6. The topological polar surface area (TPSA) is 59.0 Å². The molecule has 138 valence electrons. The average Bonchev–Trinajstić information content (AvgIpc) is 3.11. The molecule has 0 bridgehead atoms. The number of carboxylic acid groups (broad SMARTS) is 1. The maximum absolute atomic E-state index is 14.0. The summed E-state index contributed by atoms with van der Waals surface area (Å²) in [6, 6.07) is 11.3. The van der Waals surface area contributed by atoms with Crippen molar-refractivity contribution in [3.05, 3.63) is 59.4 Å². The van der Waals surface area contributed by atoms with Crippen LogP contribution in [0.2, 0.25) is 0 Å². The summed E-state index contributed by atoms with van der Waals surface area (Å²) in [6.45, 7) is 1.19. The van der Waals surface area contributed by atoms with Crippen LogP contribution in [0.3, 0.4) is 0 Å². The van der Waals surface area contributed by atoms with Crippen LogP contribution in [-0.4, -0.2) is 43.3 Å². The highest BCUT2D eigenvalue weighted by Gasteiger charge is 2.34. The first-order chi connectivity index (χ1) is 12.5. The molecule has 0 aromatic heterocycles. The second-order valence-electron chi connectivity index (χ2n) is 6.39. The van der Waals surface area contributed by atoms with Gasteiger partial charge in [-0.05, 0) is 54.3 Å². The zero-order valence-electron chi connectivity index (χ0n) is 14.8. The first kappa shape index (κ1) is 18.2. The first-order valence-electron chi connectivity index (χ1n) is 8.47. The van der Waals surface area contributed by atoms with Gasteiger partial charge in [0.25, 0.3) is 0 Å². The Bertz CT molecular complexity index is 795. The summed E-state index contributed by atoms with van der Waals surface area (Å²) in [5.41, 5.74) is 1.54. The highest BCUT2D eigenvalue weighted by molar-refractivity contribution is 5.75. The molecule has 26 heavy (non-hydrogen) atoms. The van der Waals surface area contributed by atoms with Gasteiger partial charge < -0.3 is 14.6 Å². The van der Waals surface area contributed by atoms with Gasteiger partial charge >= 0.3 is 5.97 Å². The third kappa shape index (κ3) is 3.65. The maximum Gasteiger partial charge on any atom is 0.325 e. The number of likely N-dealkylation sites (tertiary alicyclic amines) is 1. The van der Waals surface area contributed by atoms with Crippen LogP contribution >= 0.6 is 0 Å². The lowest BCUT2D eigenvalue weighted by Gasteiger charge is -2.25. The Kier molecular flexibility index (Phi) is 5.42. The summed E-state index contributed by atoms with van der Waals surface area (Å²) in [7, 11) is 2.99. The zero-order valence-corrected chi connectivity index (χ0v) is 14.8. The fourth-order valence-electron chi connectivity index (χ4n) is 3.55. The summed E-state index contributed by atoms with van der Waals surface area (Å²) in [5.74, 6) is -0.376. The van der Waals surface area contributed by atoms with Crippen LogP contribution in [0, 0.1) is 5.82 Å². The van der Waals surface area contributed by atoms with Gasteiger partial charge in [-0.2, -0.15) is 0 Å². The molecule has 1 N–H and O–H groups in total. The molecule has 6 heteroatoms. The Labute approximate surface area is 152 Å². The van der Waals surface area contributed by atoms with E-state index in [1.165, 1.54) is 13.2 Å². The van der Waals surface area contributed by atoms with Crippen LogP contribution in [0.5, 0.6) is 11.5 Å². The average molecular weight is 359 g/mol. The molecular weight excluding hydrogens is 337 g/mol. The third-order valence-electron chi connectivity index (χ3n) is 4.88. The van der Waals surface area contributed by atoms with Gasteiger partial charge in [0.15, 0.2) is 11.6 Å². The largest absolute Gasteiger partial charge is 0.497 e. The van der Waals surface area contributed by atoms with Crippen molar-refractivity contribution in [3.8, 4) is 11.5 Å². The minimum absolute atomic E-state index is 0.0860. The fourth-order valence-corrected chi connectivity index (χ4v) is 3.55. The van der Waals surface area contributed by atoms with Crippen molar-refractivity contribution in [2.45, 2.75) is 18.4 Å². The third-order valence-corrected chi connectivity index (χ3v) is 4.88. The number of nitrogens with zero attached hydrogens (tertiary/aromatic N) is 1. The van der Waals surface area contributed by atoms with E-state index in [-0.39, 0.29) is 11.7 Å². The molecule has 2 unspecified atom stereocenters. The molecule has 1 fully saturated rings. The van der Waals surface area contributed by atoms with Gasteiger partial charge in [0.05, 0.1) is 14.2 Å². The molecule has 0 radical (unpaired) electrons. The molecule has 5 nitrogen and oxygen atoms in total. The van der Waals surface area contributed by atoms with Crippen molar-refractivity contribution in [2.75, 3.05) is 27.3 Å². The summed E-state index contributed by atoms with van der Waals surface area (Å²) in [4.78, 5) is 13.8. The van der Waals surface area contributed by atoms with Crippen molar-refractivity contribution in [1.82, 2.24) is 4.90 Å². The van der Waals surface area contributed by atoms with Gasteiger partial charge in [0.1, 0.15) is 11.8 Å². The molecule has 0 spiro atoms. The van der Waals surface area contributed by atoms with Crippen LogP contribution in [0.25, 0.3) is 0 Å². The Balaban J connectivity index is 1.80. The number of ether oxygens (including phenoxy) is 2. The highest BCUT2D eigenvalue weighted by Crippen LogP contribution is 2.35. The molecule has 1 heterocycles. The summed E-state index contributed by atoms with van der Waals surface area (Å²) >= 11 is 0. The number of aliphatic carboxylic acids is 1. The molecule has 0 aliphatic carbocycles. The van der Waals surface area contributed by atoms with Crippen molar-refractivity contribution in [2.24, 2.45) is 0 Å². The van der Waals surface area contributed by atoms with E-state index in [1.54, 1.807) is 37.4 Å². The maximum atomic E-state index is 14.0. The van der Waals surface area contributed by atoms with Gasteiger partial charge in [-0.15, -0.1) is 0 Å². The molecule has 2 atom stereocenters. The second kappa shape index (κ2) is 7.74. The normalized spacial score (nSPS) is 18.5. The van der Waals surface area contributed by atoms with Crippen molar-refractivity contribution in [1.29, 1.82) is 0 Å². The Morgan fingerprint density at radius 1 is 1.23 bits per heavy atom. The number of carboxylic acids is 1. The van der Waals surface area contributed by atoms with Gasteiger partial charge in [0.2, 0.25) is 0 Å². The van der Waals surface area contributed by atoms with E-state index >= 15 is 0 Å². The number of hydrogen-bond donors (Lipinski definition) is 1. The number of methoxy groups -OCH3 is 2. The first-order valence-corrected chi connectivity index (χ1v) is 8.47. The van der Waals surface area contributed by atoms with Gasteiger partial charge in [-0.25, -0.2) is 4.39 Å². The van der Waals surface area contributed by atoms with E-state index in [4.69, 9.17) is 9.47 Å². The van der Waals surface area contributed by atoms with Crippen LogP contribution < -0.4 is 9.47 Å². The van der Waals surface area contributed by atoms with Crippen LogP contribution in [-0.2, 0) is 4.79 Å². The van der Waals surface area contributed by atoms with E-state index in [2.05, 4.69) is 0 Å². The Hall–Kier alpha value is -2.60. The van der Waals surface area contributed by atoms with Crippen molar-refractivity contribution < 1.29 is 23.8 Å². The smallest absolute Gasteiger partial charge is 0.325 e. The van der Waals surface area contributed by atoms with Gasteiger partial charge in [-0.1, -0.05) is 18.2 Å². The number of halogens is 1. The summed E-state index contributed by atoms with van der Waals surface area (Å²) in [5, 5.41) is 9.76. The van der Waals surface area contributed by atoms with E-state index in [9.17, 15) is 14.3 Å². The predicted molar refractivity (Wildman–Crippen MR) is 95.3 cm³/mol. The van der Waals surface area contributed by atoms with E-state index in [0.717, 1.165) is 12.0 Å². The fraction of sp³-hybridized carbons (Fsp3) is 0.350. The molecule has 0 amide bonds. The van der Waals surface area contributed by atoms with Crippen molar-refractivity contribution >= 4 is 5.97 Å². The lowest BCUT2D eigenvalue weighted by Crippen LogP contribution is -2.32. The molecular formula is C20H22FNO4. The minimum atomic E-state index is -0.903. The molecule has 2 aromatic carbocycles. The predicted octanol–water partition coefficient (Wildman–Crippen LogP) is 3.46. The highest BCUT2D eigenvalue weighted by atomic mass is 19.1. The molecule has 1 aliphatic heterocycles. The second-order valence-corrected chi connectivity index (χ2v) is 6.39. The summed E-state index contributed by atoms with van der Waals surface area (Å²) in [6.07, 6.45) is 0.777. The minimum Gasteiger partial charge on any atom is -0.497 e. The van der Waals surface area contributed by atoms with Crippen molar-refractivity contribution in [3.63, 3.8) is 0 Å². The lowest BCUT2D eigenvalue weighted by atomic mass is 9.98. The van der Waals surface area contributed by atoms with Crippen LogP contribution in [0.15, 0.2) is 42.5 Å². The standard InChI is InChI=1S/C20H22FNO4/c1-25-16-5-3-4-14(10-16)19(20(23)24)22-9-8-15(12-22)13-6-7-18(26-2)17(21)11-13/h3-7,10-11,15,19H,8-9,12H2,1-2H3,(H,23,24). The number of carbonyl (C=O) groups is 1. The Morgan fingerprint density at radius 3 is 2.69 bits per heavy atom. The number of benzene rings is 2. The van der Waals surface area contributed by atoms with E-state index in [1.807, 2.05) is 11.0 Å². The Morgan fingerprint density at radius 2 is 2.04 bits per heavy atom. The zero-order chi connectivity index (χ0) is 18.7. The summed E-state index contributed by atoms with van der Waals surface area (Å²) < 4.78 is 24.2.